The van der Waals surface area contributed by atoms with E-state index >= 15 is 0 Å². The van der Waals surface area contributed by atoms with E-state index < -0.39 is 0 Å². The van der Waals surface area contributed by atoms with Gasteiger partial charge in [0.25, 0.3) is 0 Å². The Bertz CT molecular complexity index is 1250. The number of halogens is 1. The van der Waals surface area contributed by atoms with Crippen LogP contribution < -0.4 is 5.32 Å². The molecule has 0 bridgehead atoms. The second-order valence-electron chi connectivity index (χ2n) is 7.49. The van der Waals surface area contributed by atoms with Gasteiger partial charge < -0.3 is 10.5 Å². The topological polar surface area (TPSA) is 57.5 Å². The van der Waals surface area contributed by atoms with Gasteiger partial charge in [-0.15, -0.1) is 0 Å². The average Bonchev–Trinajstić information content (AvgIpc) is 3.18. The van der Waals surface area contributed by atoms with Crippen LogP contribution in [-0.4, -0.2) is 15.9 Å². The molecule has 1 atom stereocenters. The lowest BCUT2D eigenvalue weighted by molar-refractivity contribution is 0.319. The van der Waals surface area contributed by atoms with Crippen molar-refractivity contribution in [2.24, 2.45) is 5.16 Å². The van der Waals surface area contributed by atoms with Gasteiger partial charge in [0.2, 0.25) is 0 Å². The number of nitrogens with zero attached hydrogens (tertiary/aromatic N) is 2. The Morgan fingerprint density at radius 1 is 0.967 bits per heavy atom. The predicted molar refractivity (Wildman–Crippen MR) is 117 cm³/mol. The summed E-state index contributed by atoms with van der Waals surface area (Å²) in [4.78, 5) is 4.76. The third-order valence-electron chi connectivity index (χ3n) is 5.64. The molecule has 148 valence electrons. The highest BCUT2D eigenvalue weighted by Crippen LogP contribution is 2.33. The molecule has 0 saturated heterocycles. The second kappa shape index (κ2) is 7.59. The van der Waals surface area contributed by atoms with E-state index in [1.807, 2.05) is 30.3 Å². The molecule has 0 spiro atoms. The van der Waals surface area contributed by atoms with Gasteiger partial charge in [0.15, 0.2) is 0 Å². The van der Waals surface area contributed by atoms with Gasteiger partial charge in [-0.3, -0.25) is 0 Å². The van der Waals surface area contributed by atoms with Gasteiger partial charge in [-0.25, -0.2) is 9.37 Å². The lowest BCUT2D eigenvalue weighted by atomic mass is 10.0. The van der Waals surface area contributed by atoms with Gasteiger partial charge in [0.05, 0.1) is 11.6 Å². The van der Waals surface area contributed by atoms with Gasteiger partial charge in [-0.05, 0) is 72.5 Å². The largest absolute Gasteiger partial charge is 0.410 e. The SMILES string of the molecule is O/N=C(\c1ccc(F)cc1)c1ccc2nc(N[C@@H]3CCc4ccccc43)ccc2c1. The molecule has 1 heterocycles. The molecule has 1 aliphatic rings. The highest BCUT2D eigenvalue weighted by Gasteiger charge is 2.22. The fourth-order valence-electron chi connectivity index (χ4n) is 4.13. The van der Waals surface area contributed by atoms with E-state index in [9.17, 15) is 9.60 Å². The molecule has 4 aromatic rings. The number of nitrogens with one attached hydrogen (secondary N) is 1. The van der Waals surface area contributed by atoms with Crippen LogP contribution in [0.15, 0.2) is 84.0 Å². The van der Waals surface area contributed by atoms with Crippen molar-refractivity contribution >= 4 is 22.4 Å². The van der Waals surface area contributed by atoms with Gasteiger partial charge >= 0.3 is 0 Å². The molecule has 30 heavy (non-hydrogen) atoms. The first-order valence-corrected chi connectivity index (χ1v) is 9.95. The first-order chi connectivity index (χ1) is 14.7. The zero-order valence-corrected chi connectivity index (χ0v) is 16.2. The monoisotopic (exact) mass is 397 g/mol. The highest BCUT2D eigenvalue weighted by molar-refractivity contribution is 6.13. The minimum Gasteiger partial charge on any atom is -0.410 e. The number of aryl methyl sites for hydroxylation is 1. The third kappa shape index (κ3) is 3.39. The van der Waals surface area contributed by atoms with E-state index in [1.165, 1.54) is 23.3 Å². The van der Waals surface area contributed by atoms with Gasteiger partial charge in [-0.1, -0.05) is 35.5 Å². The molecule has 5 heteroatoms. The zero-order valence-electron chi connectivity index (χ0n) is 16.2. The summed E-state index contributed by atoms with van der Waals surface area (Å²) >= 11 is 0. The Labute approximate surface area is 173 Å². The summed E-state index contributed by atoms with van der Waals surface area (Å²) in [6.07, 6.45) is 2.14. The van der Waals surface area contributed by atoms with Crippen molar-refractivity contribution in [3.63, 3.8) is 0 Å². The lowest BCUT2D eigenvalue weighted by Gasteiger charge is -2.15. The average molecular weight is 397 g/mol. The van der Waals surface area contributed by atoms with Crippen LogP contribution in [0.4, 0.5) is 10.2 Å². The molecule has 0 saturated carbocycles. The van der Waals surface area contributed by atoms with E-state index in [4.69, 9.17) is 4.98 Å². The maximum Gasteiger partial charge on any atom is 0.127 e. The van der Waals surface area contributed by atoms with Crippen molar-refractivity contribution in [3.05, 3.63) is 107 Å². The smallest absolute Gasteiger partial charge is 0.127 e. The van der Waals surface area contributed by atoms with Crippen LogP contribution in [0.3, 0.4) is 0 Å². The molecule has 0 unspecified atom stereocenters. The van der Waals surface area contributed by atoms with Crippen LogP contribution in [0.2, 0.25) is 0 Å². The zero-order chi connectivity index (χ0) is 20.5. The van der Waals surface area contributed by atoms with E-state index in [1.54, 1.807) is 12.1 Å². The molecule has 0 fully saturated rings. The molecule has 1 aromatic heterocycles. The van der Waals surface area contributed by atoms with Crippen LogP contribution in [0.5, 0.6) is 0 Å². The maximum absolute atomic E-state index is 13.2. The molecule has 5 rings (SSSR count). The molecular formula is C25H20FN3O. The number of anilines is 1. The van der Waals surface area contributed by atoms with Crippen molar-refractivity contribution in [2.45, 2.75) is 18.9 Å². The Balaban J connectivity index is 1.42. The summed E-state index contributed by atoms with van der Waals surface area (Å²) in [6.45, 7) is 0. The van der Waals surface area contributed by atoms with Gasteiger partial charge in [0, 0.05) is 16.5 Å². The normalized spacial score (nSPS) is 15.9. The number of pyridine rings is 1. The molecular weight excluding hydrogens is 377 g/mol. The van der Waals surface area contributed by atoms with Crippen molar-refractivity contribution in [1.29, 1.82) is 0 Å². The summed E-state index contributed by atoms with van der Waals surface area (Å²) in [7, 11) is 0. The number of fused-ring (bicyclic) bond motifs is 2. The Kier molecular flexibility index (Phi) is 4.64. The Morgan fingerprint density at radius 3 is 2.60 bits per heavy atom. The minimum atomic E-state index is -0.330. The summed E-state index contributed by atoms with van der Waals surface area (Å²) in [6, 6.07) is 24.4. The van der Waals surface area contributed by atoms with Crippen LogP contribution >= 0.6 is 0 Å². The molecule has 1 aliphatic carbocycles. The third-order valence-corrected chi connectivity index (χ3v) is 5.64. The van der Waals surface area contributed by atoms with E-state index in [2.05, 4.69) is 34.7 Å². The molecule has 0 radical (unpaired) electrons. The Hall–Kier alpha value is -3.73. The number of benzene rings is 3. The summed E-state index contributed by atoms with van der Waals surface area (Å²) in [5.74, 6) is 0.509. The predicted octanol–water partition coefficient (Wildman–Crippen LogP) is 5.70. The summed E-state index contributed by atoms with van der Waals surface area (Å²) < 4.78 is 13.2. The number of rotatable bonds is 4. The summed E-state index contributed by atoms with van der Waals surface area (Å²) in [5, 5.41) is 17.5. The number of hydrogen-bond acceptors (Lipinski definition) is 4. The minimum absolute atomic E-state index is 0.275. The van der Waals surface area contributed by atoms with Crippen LogP contribution in [-0.2, 0) is 6.42 Å². The highest BCUT2D eigenvalue weighted by atomic mass is 19.1. The van der Waals surface area contributed by atoms with Crippen molar-refractivity contribution in [3.8, 4) is 0 Å². The van der Waals surface area contributed by atoms with E-state index in [0.717, 1.165) is 35.1 Å². The van der Waals surface area contributed by atoms with Crippen molar-refractivity contribution in [2.75, 3.05) is 5.32 Å². The van der Waals surface area contributed by atoms with Crippen molar-refractivity contribution < 1.29 is 9.60 Å². The Morgan fingerprint density at radius 2 is 1.77 bits per heavy atom. The number of aromatic nitrogens is 1. The first-order valence-electron chi connectivity index (χ1n) is 9.95. The van der Waals surface area contributed by atoms with Gasteiger partial charge in [0.1, 0.15) is 17.3 Å². The van der Waals surface area contributed by atoms with E-state index in [-0.39, 0.29) is 11.9 Å². The lowest BCUT2D eigenvalue weighted by Crippen LogP contribution is -2.08. The van der Waals surface area contributed by atoms with Crippen molar-refractivity contribution in [1.82, 2.24) is 4.98 Å². The van der Waals surface area contributed by atoms with Crippen LogP contribution in [0.25, 0.3) is 10.9 Å². The number of oxime groups is 1. The van der Waals surface area contributed by atoms with Crippen LogP contribution in [0.1, 0.15) is 34.7 Å². The standard InChI is InChI=1S/C25H20FN3O/c26-20-10-5-17(6-11-20)25(29-30)19-8-12-22-18(15-19)9-14-24(27-22)28-23-13-7-16-3-1-2-4-21(16)23/h1-6,8-12,14-15,23,30H,7,13H2,(H,27,28)/b29-25+/t23-/m1/s1. The quantitative estimate of drug-likeness (QED) is 0.264. The molecule has 3 aromatic carbocycles. The fraction of sp³-hybridized carbons (Fsp3) is 0.120. The fourth-order valence-corrected chi connectivity index (χ4v) is 4.13. The molecule has 0 aliphatic heterocycles. The number of hydrogen-bond donors (Lipinski definition) is 2. The van der Waals surface area contributed by atoms with Crippen LogP contribution in [0, 0.1) is 5.82 Å². The van der Waals surface area contributed by atoms with E-state index in [0.29, 0.717) is 11.3 Å². The molecule has 2 N–H and O–H groups in total. The molecule has 0 amide bonds. The maximum atomic E-state index is 13.2. The summed E-state index contributed by atoms with van der Waals surface area (Å²) in [5.41, 5.74) is 5.37. The second-order valence-corrected chi connectivity index (χ2v) is 7.49. The molecule has 4 nitrogen and oxygen atoms in total. The first kappa shape index (κ1) is 18.3. The van der Waals surface area contributed by atoms with Gasteiger partial charge in [-0.2, -0.15) is 0 Å².